The molecule has 0 bridgehead atoms. The molecule has 34 heavy (non-hydrogen) atoms. The Bertz CT molecular complexity index is 1430. The Morgan fingerprint density at radius 1 is 0.765 bits per heavy atom. The number of nitrogens with one attached hydrogen (secondary N) is 3. The maximum atomic E-state index is 13.1. The summed E-state index contributed by atoms with van der Waals surface area (Å²) in [5.74, 6) is -2.20. The predicted octanol–water partition coefficient (Wildman–Crippen LogP) is 5.74. The predicted molar refractivity (Wildman–Crippen MR) is 141 cm³/mol. The number of aromatic nitrogens is 1. The first kappa shape index (κ1) is 23.7. The van der Waals surface area contributed by atoms with Gasteiger partial charge in [0.25, 0.3) is 5.91 Å². The monoisotopic (exact) mass is 582 g/mol. The van der Waals surface area contributed by atoms with Crippen LogP contribution < -0.4 is 16.1 Å². The van der Waals surface area contributed by atoms with Crippen molar-refractivity contribution >= 4 is 71.9 Å². The summed E-state index contributed by atoms with van der Waals surface area (Å²) in [6.45, 7) is 3.83. The van der Waals surface area contributed by atoms with Crippen molar-refractivity contribution in [2.45, 2.75) is 13.8 Å². The Morgan fingerprint density at radius 3 is 2.18 bits per heavy atom. The molecule has 172 valence electrons. The molecule has 0 aliphatic carbocycles. The summed E-state index contributed by atoms with van der Waals surface area (Å²) in [7, 11) is 0. The fourth-order valence-corrected chi connectivity index (χ4v) is 3.99. The molecule has 0 atom stereocenters. The number of nitrogens with zero attached hydrogens (tertiary/aromatic N) is 1. The summed E-state index contributed by atoms with van der Waals surface area (Å²) in [5, 5.41) is 6.12. The molecular formula is C25H20Br2N4O3. The minimum Gasteiger partial charge on any atom is -0.321 e. The van der Waals surface area contributed by atoms with Gasteiger partial charge >= 0.3 is 11.8 Å². The van der Waals surface area contributed by atoms with Gasteiger partial charge < -0.3 is 10.6 Å². The van der Waals surface area contributed by atoms with Crippen molar-refractivity contribution in [3.63, 3.8) is 0 Å². The molecule has 0 aliphatic heterocycles. The van der Waals surface area contributed by atoms with Gasteiger partial charge in [-0.3, -0.25) is 19.8 Å². The van der Waals surface area contributed by atoms with E-state index in [1.165, 1.54) is 4.68 Å². The van der Waals surface area contributed by atoms with Gasteiger partial charge in [-0.05, 0) is 74.0 Å². The van der Waals surface area contributed by atoms with Gasteiger partial charge in [-0.25, -0.2) is 4.68 Å². The lowest BCUT2D eigenvalue weighted by molar-refractivity contribution is -0.133. The normalized spacial score (nSPS) is 10.7. The van der Waals surface area contributed by atoms with E-state index in [4.69, 9.17) is 0 Å². The van der Waals surface area contributed by atoms with E-state index in [0.29, 0.717) is 22.3 Å². The fourth-order valence-electron chi connectivity index (χ4n) is 3.37. The van der Waals surface area contributed by atoms with Crippen LogP contribution in [0.4, 0.5) is 11.4 Å². The highest BCUT2D eigenvalue weighted by atomic mass is 79.9. The second-order valence-electron chi connectivity index (χ2n) is 7.75. The molecule has 0 fully saturated rings. The molecule has 3 N–H and O–H groups in total. The molecule has 1 aromatic heterocycles. The van der Waals surface area contributed by atoms with Crippen LogP contribution in [0.3, 0.4) is 0 Å². The Balaban J connectivity index is 1.61. The lowest BCUT2D eigenvalue weighted by Crippen LogP contribution is -2.36. The summed E-state index contributed by atoms with van der Waals surface area (Å²) < 4.78 is 3.03. The largest absolute Gasteiger partial charge is 0.328 e. The first-order valence-corrected chi connectivity index (χ1v) is 11.9. The van der Waals surface area contributed by atoms with Crippen LogP contribution >= 0.6 is 31.9 Å². The molecule has 0 saturated heterocycles. The number of carbonyl (C=O) groups excluding carboxylic acids is 3. The lowest BCUT2D eigenvalue weighted by atomic mass is 10.2. The maximum Gasteiger partial charge on any atom is 0.328 e. The van der Waals surface area contributed by atoms with E-state index in [0.717, 1.165) is 20.1 Å². The van der Waals surface area contributed by atoms with Gasteiger partial charge in [-0.15, -0.1) is 0 Å². The van der Waals surface area contributed by atoms with E-state index >= 15 is 0 Å². The first-order valence-electron chi connectivity index (χ1n) is 10.3. The number of amides is 3. The number of hydrogen-bond donors (Lipinski definition) is 3. The van der Waals surface area contributed by atoms with E-state index in [2.05, 4.69) is 47.9 Å². The second kappa shape index (κ2) is 9.82. The number of rotatable bonds is 4. The zero-order valence-electron chi connectivity index (χ0n) is 18.3. The van der Waals surface area contributed by atoms with Gasteiger partial charge in [0, 0.05) is 25.7 Å². The van der Waals surface area contributed by atoms with Gasteiger partial charge in [-0.2, -0.15) is 0 Å². The fraction of sp³-hybridized carbons (Fsp3) is 0.0800. The number of hydrogen-bond acceptors (Lipinski definition) is 3. The quantitative estimate of drug-likeness (QED) is 0.267. The van der Waals surface area contributed by atoms with Gasteiger partial charge in [0.1, 0.15) is 5.69 Å². The highest BCUT2D eigenvalue weighted by Crippen LogP contribution is 2.24. The molecular weight excluding hydrogens is 564 g/mol. The molecule has 0 unspecified atom stereocenters. The Morgan fingerprint density at radius 2 is 1.47 bits per heavy atom. The molecule has 4 rings (SSSR count). The second-order valence-corrected chi connectivity index (χ2v) is 9.52. The third-order valence-corrected chi connectivity index (χ3v) is 6.52. The third kappa shape index (κ3) is 5.21. The molecule has 9 heteroatoms. The molecule has 0 aliphatic rings. The van der Waals surface area contributed by atoms with Crippen LogP contribution in [0.15, 0.2) is 75.7 Å². The van der Waals surface area contributed by atoms with Gasteiger partial charge in [0.15, 0.2) is 0 Å². The molecule has 1 heterocycles. The maximum absolute atomic E-state index is 13.1. The van der Waals surface area contributed by atoms with E-state index in [1.54, 1.807) is 48.5 Å². The summed E-state index contributed by atoms with van der Waals surface area (Å²) in [6, 6.07) is 19.6. The number of halogens is 2. The number of benzene rings is 3. The van der Waals surface area contributed by atoms with E-state index in [1.807, 2.05) is 32.0 Å². The third-order valence-electron chi connectivity index (χ3n) is 5.14. The number of anilines is 2. The number of aryl methyl sites for hydroxylation is 2. The van der Waals surface area contributed by atoms with Crippen molar-refractivity contribution in [3.05, 3.63) is 92.5 Å². The summed E-state index contributed by atoms with van der Waals surface area (Å²) >= 11 is 6.83. The van der Waals surface area contributed by atoms with Crippen LogP contribution in [-0.2, 0) is 9.59 Å². The minimum absolute atomic E-state index is 0.175. The smallest absolute Gasteiger partial charge is 0.321 e. The Labute approximate surface area is 212 Å². The van der Waals surface area contributed by atoms with Crippen molar-refractivity contribution < 1.29 is 14.4 Å². The van der Waals surface area contributed by atoms with Crippen LogP contribution in [-0.4, -0.2) is 22.4 Å². The standard InChI is InChI=1S/C25H20Br2N4O3/c1-14-3-6-18(7-4-14)28-23(32)22-13-16-12-17(26)5-10-21(16)31(22)30-25(34)24(33)29-19-8-9-20(27)15(2)11-19/h3-13H,1-2H3,(H,28,32)(H,29,33)(H,30,34). The SMILES string of the molecule is Cc1ccc(NC(=O)c2cc3cc(Br)ccc3n2NC(=O)C(=O)Nc2ccc(Br)c(C)c2)cc1. The topological polar surface area (TPSA) is 92.2 Å². The molecule has 3 amide bonds. The Hall–Kier alpha value is -3.43. The number of carbonyl (C=O) groups is 3. The molecule has 0 saturated carbocycles. The highest BCUT2D eigenvalue weighted by molar-refractivity contribution is 9.10. The van der Waals surface area contributed by atoms with Crippen LogP contribution in [0.1, 0.15) is 21.6 Å². The molecule has 7 nitrogen and oxygen atoms in total. The van der Waals surface area contributed by atoms with E-state index in [-0.39, 0.29) is 5.69 Å². The van der Waals surface area contributed by atoms with E-state index < -0.39 is 17.7 Å². The van der Waals surface area contributed by atoms with Crippen LogP contribution in [0.25, 0.3) is 10.9 Å². The molecule has 0 radical (unpaired) electrons. The van der Waals surface area contributed by atoms with Crippen LogP contribution in [0, 0.1) is 13.8 Å². The zero-order valence-corrected chi connectivity index (χ0v) is 21.5. The van der Waals surface area contributed by atoms with Crippen LogP contribution in [0.5, 0.6) is 0 Å². The highest BCUT2D eigenvalue weighted by Gasteiger charge is 2.21. The summed E-state index contributed by atoms with van der Waals surface area (Å²) in [6.07, 6.45) is 0. The molecule has 0 spiro atoms. The van der Waals surface area contributed by atoms with Crippen molar-refractivity contribution in [1.82, 2.24) is 4.68 Å². The van der Waals surface area contributed by atoms with E-state index in [9.17, 15) is 14.4 Å². The van der Waals surface area contributed by atoms with Crippen molar-refractivity contribution in [2.75, 3.05) is 16.1 Å². The molecule has 3 aromatic carbocycles. The zero-order chi connectivity index (χ0) is 24.4. The summed E-state index contributed by atoms with van der Waals surface area (Å²) in [4.78, 5) is 38.4. The Kier molecular flexibility index (Phi) is 6.85. The number of fused-ring (bicyclic) bond motifs is 1. The van der Waals surface area contributed by atoms with Gasteiger partial charge in [-0.1, -0.05) is 49.6 Å². The van der Waals surface area contributed by atoms with Crippen molar-refractivity contribution in [1.29, 1.82) is 0 Å². The summed E-state index contributed by atoms with van der Waals surface area (Å²) in [5.41, 5.74) is 6.38. The lowest BCUT2D eigenvalue weighted by Gasteiger charge is -2.13. The van der Waals surface area contributed by atoms with Crippen molar-refractivity contribution in [3.8, 4) is 0 Å². The van der Waals surface area contributed by atoms with Crippen molar-refractivity contribution in [2.24, 2.45) is 0 Å². The molecule has 4 aromatic rings. The minimum atomic E-state index is -0.912. The van der Waals surface area contributed by atoms with Gasteiger partial charge in [0.2, 0.25) is 0 Å². The van der Waals surface area contributed by atoms with Gasteiger partial charge in [0.05, 0.1) is 5.52 Å². The average Bonchev–Trinajstić information content (AvgIpc) is 3.15. The average molecular weight is 584 g/mol. The van der Waals surface area contributed by atoms with Crippen LogP contribution in [0.2, 0.25) is 0 Å². The first-order chi connectivity index (χ1) is 16.2.